The van der Waals surface area contributed by atoms with Crippen LogP contribution in [0.25, 0.3) is 0 Å². The van der Waals surface area contributed by atoms with Crippen molar-refractivity contribution in [3.05, 3.63) is 64.8 Å². The zero-order valence-electron chi connectivity index (χ0n) is 17.9. The Kier molecular flexibility index (Phi) is 9.55. The van der Waals surface area contributed by atoms with Crippen LogP contribution in [0.1, 0.15) is 52.5 Å². The summed E-state index contributed by atoms with van der Waals surface area (Å²) in [4.78, 5) is 11.7. The van der Waals surface area contributed by atoms with E-state index in [1.807, 2.05) is 24.3 Å². The second-order valence-corrected chi connectivity index (χ2v) is 8.67. The molecule has 1 aliphatic heterocycles. The Morgan fingerprint density at radius 1 is 1.14 bits per heavy atom. The summed E-state index contributed by atoms with van der Waals surface area (Å²) < 4.78 is 5.86. The number of ether oxygens (including phenoxy) is 1. The third-order valence-electron chi connectivity index (χ3n) is 4.94. The number of carbonyl (C=O) groups excluding carboxylic acids is 1. The first-order chi connectivity index (χ1) is 13.9. The predicted molar refractivity (Wildman–Crippen MR) is 122 cm³/mol. The molecule has 0 aromatic heterocycles. The van der Waals surface area contributed by atoms with E-state index in [0.717, 1.165) is 30.6 Å². The van der Waals surface area contributed by atoms with Crippen molar-refractivity contribution in [1.82, 2.24) is 5.32 Å². The molecule has 29 heavy (non-hydrogen) atoms. The van der Waals surface area contributed by atoms with Crippen LogP contribution >= 0.6 is 11.8 Å². The van der Waals surface area contributed by atoms with E-state index in [2.05, 4.69) is 51.2 Å². The Morgan fingerprint density at radius 2 is 1.86 bits per heavy atom. The number of allylic oxidation sites excluding steroid dienone is 5. The molecule has 2 atom stereocenters. The van der Waals surface area contributed by atoms with Crippen LogP contribution in [-0.2, 0) is 11.2 Å². The van der Waals surface area contributed by atoms with E-state index in [0.29, 0.717) is 13.0 Å². The summed E-state index contributed by atoms with van der Waals surface area (Å²) in [6.45, 7) is 9.29. The summed E-state index contributed by atoms with van der Waals surface area (Å²) in [5.41, 5.74) is 4.31. The van der Waals surface area contributed by atoms with Gasteiger partial charge in [-0.05, 0) is 56.4 Å². The van der Waals surface area contributed by atoms with Gasteiger partial charge in [-0.2, -0.15) is 0 Å². The van der Waals surface area contributed by atoms with Gasteiger partial charge in [-0.25, -0.2) is 0 Å². The standard InChI is InChI=1S/C24H33NO3S/c1-5-17(3)15-19(6-2)8-7-18(4)13-14-28-21-11-9-20(10-12-21)16-22-23(26)25-24(27)29-22/h7-12,15,22,24,27H,5-6,13-14,16H2,1-4H3,(H,25,26). The van der Waals surface area contributed by atoms with Gasteiger partial charge in [0.05, 0.1) is 11.9 Å². The van der Waals surface area contributed by atoms with Gasteiger partial charge in [-0.15, -0.1) is 0 Å². The number of hydrogen-bond donors (Lipinski definition) is 2. The molecule has 5 heteroatoms. The highest BCUT2D eigenvalue weighted by molar-refractivity contribution is 8.01. The number of aliphatic hydroxyl groups excluding tert-OH is 1. The van der Waals surface area contributed by atoms with Gasteiger partial charge in [0.2, 0.25) is 5.91 Å². The number of amides is 1. The maximum Gasteiger partial charge on any atom is 0.236 e. The van der Waals surface area contributed by atoms with Gasteiger partial charge in [0, 0.05) is 6.42 Å². The van der Waals surface area contributed by atoms with Crippen LogP contribution in [0, 0.1) is 0 Å². The second-order valence-electron chi connectivity index (χ2n) is 7.38. The van der Waals surface area contributed by atoms with Crippen LogP contribution in [-0.4, -0.2) is 28.4 Å². The number of hydrogen-bond acceptors (Lipinski definition) is 4. The fourth-order valence-corrected chi connectivity index (χ4v) is 3.87. The minimum absolute atomic E-state index is 0.106. The van der Waals surface area contributed by atoms with Crippen molar-refractivity contribution in [1.29, 1.82) is 0 Å². The summed E-state index contributed by atoms with van der Waals surface area (Å²) in [5.74, 6) is 0.724. The average Bonchev–Trinajstić information content (AvgIpc) is 3.02. The summed E-state index contributed by atoms with van der Waals surface area (Å²) >= 11 is 1.25. The Balaban J connectivity index is 1.80. The number of aliphatic hydroxyl groups is 1. The normalized spacial score (nSPS) is 20.7. The molecule has 158 valence electrons. The maximum absolute atomic E-state index is 11.7. The number of carbonyl (C=O) groups is 1. The van der Waals surface area contributed by atoms with Gasteiger partial charge in [0.15, 0.2) is 5.56 Å². The number of benzene rings is 1. The monoisotopic (exact) mass is 415 g/mol. The average molecular weight is 416 g/mol. The Labute approximate surface area is 179 Å². The lowest BCUT2D eigenvalue weighted by molar-refractivity contribution is -0.121. The molecule has 0 bridgehead atoms. The third kappa shape index (κ3) is 8.11. The molecule has 0 aliphatic carbocycles. The molecular weight excluding hydrogens is 382 g/mol. The van der Waals surface area contributed by atoms with Crippen molar-refractivity contribution in [2.24, 2.45) is 0 Å². The van der Waals surface area contributed by atoms with Crippen molar-refractivity contribution in [2.45, 2.75) is 64.2 Å². The van der Waals surface area contributed by atoms with E-state index in [-0.39, 0.29) is 11.2 Å². The number of rotatable bonds is 10. The summed E-state index contributed by atoms with van der Waals surface area (Å²) in [5, 5.41) is 11.7. The largest absolute Gasteiger partial charge is 0.493 e. The van der Waals surface area contributed by atoms with Gasteiger partial charge in [-0.3, -0.25) is 4.79 Å². The first-order valence-corrected chi connectivity index (χ1v) is 11.2. The second kappa shape index (κ2) is 11.9. The highest BCUT2D eigenvalue weighted by atomic mass is 32.2. The molecule has 0 spiro atoms. The van der Waals surface area contributed by atoms with Crippen LogP contribution in [0.5, 0.6) is 5.75 Å². The lowest BCUT2D eigenvalue weighted by Crippen LogP contribution is -2.27. The van der Waals surface area contributed by atoms with Crippen LogP contribution in [0.4, 0.5) is 0 Å². The van der Waals surface area contributed by atoms with Gasteiger partial charge >= 0.3 is 0 Å². The van der Waals surface area contributed by atoms with Gasteiger partial charge in [-0.1, -0.05) is 67.1 Å². The SMILES string of the molecule is CCC(C)=CC(=CC=C(C)CCOc1ccc(CC2SC(O)NC2=O)cc1)CC. The number of nitrogens with one attached hydrogen (secondary N) is 1. The molecular formula is C24H33NO3S. The Bertz CT molecular complexity index is 765. The lowest BCUT2D eigenvalue weighted by Gasteiger charge is -2.09. The van der Waals surface area contributed by atoms with Gasteiger partial charge in [0.25, 0.3) is 0 Å². The topological polar surface area (TPSA) is 58.6 Å². The fraction of sp³-hybridized carbons (Fsp3) is 0.458. The quantitative estimate of drug-likeness (QED) is 0.519. The zero-order chi connectivity index (χ0) is 21.2. The van der Waals surface area contributed by atoms with Crippen molar-refractivity contribution in [2.75, 3.05) is 6.61 Å². The van der Waals surface area contributed by atoms with E-state index in [9.17, 15) is 9.90 Å². The molecule has 0 saturated carbocycles. The lowest BCUT2D eigenvalue weighted by atomic mass is 10.1. The summed E-state index contributed by atoms with van der Waals surface area (Å²) in [6.07, 6.45) is 10.3. The molecule has 1 aromatic rings. The molecule has 2 unspecified atom stereocenters. The van der Waals surface area contributed by atoms with Gasteiger partial charge < -0.3 is 15.2 Å². The van der Waals surface area contributed by atoms with Crippen LogP contribution in [0.15, 0.2) is 59.2 Å². The highest BCUT2D eigenvalue weighted by Gasteiger charge is 2.31. The minimum atomic E-state index is -0.790. The van der Waals surface area contributed by atoms with E-state index in [1.54, 1.807) is 0 Å². The molecule has 1 aromatic carbocycles. The maximum atomic E-state index is 11.7. The molecule has 2 rings (SSSR count). The third-order valence-corrected chi connectivity index (χ3v) is 6.03. The molecule has 1 saturated heterocycles. The van der Waals surface area contributed by atoms with Crippen molar-refractivity contribution < 1.29 is 14.6 Å². The summed E-state index contributed by atoms with van der Waals surface area (Å²) in [7, 11) is 0. The van der Waals surface area contributed by atoms with Crippen molar-refractivity contribution >= 4 is 17.7 Å². The van der Waals surface area contributed by atoms with E-state index >= 15 is 0 Å². The van der Waals surface area contributed by atoms with E-state index in [1.165, 1.54) is 28.5 Å². The summed E-state index contributed by atoms with van der Waals surface area (Å²) in [6, 6.07) is 7.84. The minimum Gasteiger partial charge on any atom is -0.493 e. The Hall–Kier alpha value is -1.98. The molecule has 1 fully saturated rings. The first-order valence-electron chi connectivity index (χ1n) is 10.3. The molecule has 0 radical (unpaired) electrons. The first kappa shape index (κ1) is 23.3. The van der Waals surface area contributed by atoms with Crippen molar-refractivity contribution in [3.8, 4) is 5.75 Å². The molecule has 2 N–H and O–H groups in total. The number of thioether (sulfide) groups is 1. The van der Waals surface area contributed by atoms with E-state index < -0.39 is 5.56 Å². The molecule has 4 nitrogen and oxygen atoms in total. The van der Waals surface area contributed by atoms with Crippen LogP contribution in [0.3, 0.4) is 0 Å². The highest BCUT2D eigenvalue weighted by Crippen LogP contribution is 2.25. The van der Waals surface area contributed by atoms with Crippen LogP contribution in [0.2, 0.25) is 0 Å². The van der Waals surface area contributed by atoms with Crippen molar-refractivity contribution in [3.63, 3.8) is 0 Å². The van der Waals surface area contributed by atoms with Crippen LogP contribution < -0.4 is 10.1 Å². The predicted octanol–water partition coefficient (Wildman–Crippen LogP) is 5.14. The molecule has 1 amide bonds. The smallest absolute Gasteiger partial charge is 0.236 e. The zero-order valence-corrected chi connectivity index (χ0v) is 18.7. The molecule has 1 heterocycles. The molecule has 1 aliphatic rings. The van der Waals surface area contributed by atoms with E-state index in [4.69, 9.17) is 4.74 Å². The Morgan fingerprint density at radius 3 is 2.45 bits per heavy atom. The van der Waals surface area contributed by atoms with Gasteiger partial charge in [0.1, 0.15) is 5.75 Å². The fourth-order valence-electron chi connectivity index (χ4n) is 2.89.